The van der Waals surface area contributed by atoms with Crippen LogP contribution in [0, 0.1) is 0 Å². The van der Waals surface area contributed by atoms with E-state index in [4.69, 9.17) is 4.74 Å². The topological polar surface area (TPSA) is 96.5 Å². The van der Waals surface area contributed by atoms with Crippen molar-refractivity contribution in [3.8, 4) is 16.9 Å². The Bertz CT molecular complexity index is 1470. The summed E-state index contributed by atoms with van der Waals surface area (Å²) in [4.78, 5) is 29.1. The zero-order valence-electron chi connectivity index (χ0n) is 18.3. The van der Waals surface area contributed by atoms with E-state index < -0.39 is 21.6 Å². The second kappa shape index (κ2) is 8.55. The Kier molecular flexibility index (Phi) is 5.78. The smallest absolute Gasteiger partial charge is 0.235 e. The van der Waals surface area contributed by atoms with E-state index >= 15 is 0 Å². The molecule has 0 aliphatic rings. The Balaban J connectivity index is 1.99. The van der Waals surface area contributed by atoms with Gasteiger partial charge in [-0.2, -0.15) is 0 Å². The summed E-state index contributed by atoms with van der Waals surface area (Å²) in [5.74, 6) is -0.522. The number of carbonyl (C=O) groups excluding carboxylic acids is 2. The number of aromatic nitrogens is 1. The molecule has 0 fully saturated rings. The molecule has 168 valence electrons. The van der Waals surface area contributed by atoms with Crippen LogP contribution in [0.2, 0.25) is 0 Å². The molecule has 0 atom stereocenters. The number of nitrogens with zero attached hydrogens (tertiary/aromatic N) is 1. The summed E-state index contributed by atoms with van der Waals surface area (Å²) >= 11 is 0. The van der Waals surface area contributed by atoms with Crippen molar-refractivity contribution >= 4 is 38.3 Å². The molecule has 1 N–H and O–H groups in total. The minimum Gasteiger partial charge on any atom is -0.496 e. The van der Waals surface area contributed by atoms with Crippen LogP contribution < -0.4 is 9.04 Å². The fourth-order valence-corrected chi connectivity index (χ4v) is 4.23. The third-order valence-electron chi connectivity index (χ3n) is 5.49. The van der Waals surface area contributed by atoms with Crippen molar-refractivity contribution in [2.24, 2.45) is 0 Å². The van der Waals surface area contributed by atoms with Gasteiger partial charge in [-0.15, -0.1) is 0 Å². The van der Waals surface area contributed by atoms with Crippen molar-refractivity contribution in [3.05, 3.63) is 83.9 Å². The first-order valence-corrected chi connectivity index (χ1v) is 11.9. The molecule has 8 heteroatoms. The maximum Gasteiger partial charge on any atom is 0.235 e. The molecule has 33 heavy (non-hydrogen) atoms. The number of fused-ring (bicyclic) bond motifs is 1. The van der Waals surface area contributed by atoms with Gasteiger partial charge in [0.05, 0.1) is 24.4 Å². The van der Waals surface area contributed by atoms with Gasteiger partial charge in [0.25, 0.3) is 0 Å². The molecule has 0 saturated heterocycles. The molecule has 1 heterocycles. The van der Waals surface area contributed by atoms with Gasteiger partial charge in [-0.1, -0.05) is 60.7 Å². The molecule has 4 rings (SSSR count). The molecule has 1 aromatic heterocycles. The van der Waals surface area contributed by atoms with Crippen LogP contribution in [0.15, 0.2) is 72.8 Å². The lowest BCUT2D eigenvalue weighted by Crippen LogP contribution is -2.25. The highest BCUT2D eigenvalue weighted by atomic mass is 32.2. The van der Waals surface area contributed by atoms with Crippen LogP contribution >= 0.6 is 0 Å². The number of sulfonamides is 1. The Labute approximate surface area is 191 Å². The van der Waals surface area contributed by atoms with Crippen molar-refractivity contribution in [3.63, 3.8) is 0 Å². The minimum atomic E-state index is -3.64. The van der Waals surface area contributed by atoms with Crippen LogP contribution in [0.5, 0.6) is 5.75 Å². The summed E-state index contributed by atoms with van der Waals surface area (Å²) < 4.78 is 31.4. The lowest BCUT2D eigenvalue weighted by molar-refractivity contribution is 0.0818. The fraction of sp³-hybridized carbons (Fsp3) is 0.120. The largest absolute Gasteiger partial charge is 0.496 e. The fourth-order valence-electron chi connectivity index (χ4n) is 3.76. The number of hydrogen-bond acceptors (Lipinski definition) is 5. The summed E-state index contributed by atoms with van der Waals surface area (Å²) in [7, 11) is -0.682. The molecule has 0 aliphatic heterocycles. The number of carbonyl (C=O) groups is 2. The average Bonchev–Trinajstić information content (AvgIpc) is 3.21. The highest BCUT2D eigenvalue weighted by Crippen LogP contribution is 2.43. The van der Waals surface area contributed by atoms with Crippen LogP contribution in [0.1, 0.15) is 20.7 Å². The van der Waals surface area contributed by atoms with E-state index in [9.17, 15) is 18.0 Å². The number of para-hydroxylation sites is 2. The maximum absolute atomic E-state index is 13.2. The van der Waals surface area contributed by atoms with Crippen molar-refractivity contribution in [2.75, 3.05) is 24.7 Å². The monoisotopic (exact) mass is 462 g/mol. The molecular weight excluding hydrogens is 440 g/mol. The summed E-state index contributed by atoms with van der Waals surface area (Å²) in [5.41, 5.74) is 2.02. The third kappa shape index (κ3) is 4.01. The quantitative estimate of drug-likeness (QED) is 0.326. The van der Waals surface area contributed by atoms with E-state index in [0.717, 1.165) is 10.6 Å². The number of Topliss-reactive ketones (excluding diaryl/α,β-unsaturated/α-hetero) is 2. The molecule has 0 aliphatic carbocycles. The van der Waals surface area contributed by atoms with Gasteiger partial charge in [-0.25, -0.2) is 8.42 Å². The van der Waals surface area contributed by atoms with Crippen LogP contribution in [-0.2, 0) is 10.0 Å². The predicted octanol–water partition coefficient (Wildman–Crippen LogP) is 4.30. The summed E-state index contributed by atoms with van der Waals surface area (Å²) in [6.07, 6.45) is 1.09. The Hall–Kier alpha value is -3.91. The predicted molar refractivity (Wildman–Crippen MR) is 129 cm³/mol. The zero-order chi connectivity index (χ0) is 23.8. The molecule has 4 aromatic rings. The van der Waals surface area contributed by atoms with Gasteiger partial charge in [-0.05, 0) is 12.1 Å². The van der Waals surface area contributed by atoms with Crippen LogP contribution in [0.25, 0.3) is 22.0 Å². The average molecular weight is 463 g/mol. The first kappa shape index (κ1) is 22.3. The van der Waals surface area contributed by atoms with Gasteiger partial charge in [0.1, 0.15) is 11.6 Å². The molecule has 0 unspecified atom stereocenters. The van der Waals surface area contributed by atoms with Gasteiger partial charge >= 0.3 is 0 Å². The second-order valence-corrected chi connectivity index (χ2v) is 9.55. The molecule has 3 aromatic carbocycles. The van der Waals surface area contributed by atoms with Crippen molar-refractivity contribution in [1.29, 1.82) is 0 Å². The molecule has 0 radical (unpaired) electrons. The van der Waals surface area contributed by atoms with E-state index in [0.29, 0.717) is 27.8 Å². The van der Waals surface area contributed by atoms with Crippen LogP contribution in [0.3, 0.4) is 0 Å². The Morgan fingerprint density at radius 3 is 2.21 bits per heavy atom. The van der Waals surface area contributed by atoms with Gasteiger partial charge in [-0.3, -0.25) is 13.9 Å². The molecule has 0 spiro atoms. The second-order valence-electron chi connectivity index (χ2n) is 7.53. The highest BCUT2D eigenvalue weighted by Gasteiger charge is 2.27. The van der Waals surface area contributed by atoms with E-state index in [1.54, 1.807) is 54.6 Å². The maximum atomic E-state index is 13.2. The summed E-state index contributed by atoms with van der Waals surface area (Å²) in [5, 5.41) is 0.594. The molecule has 0 amide bonds. The number of ether oxygens (including phenoxy) is 1. The van der Waals surface area contributed by atoms with E-state index in [1.165, 1.54) is 14.2 Å². The first-order chi connectivity index (χ1) is 15.7. The normalized spacial score (nSPS) is 11.4. The lowest BCUT2D eigenvalue weighted by atomic mass is 9.97. The van der Waals surface area contributed by atoms with E-state index in [1.807, 2.05) is 18.2 Å². The molecule has 0 bridgehead atoms. The first-order valence-electron chi connectivity index (χ1n) is 10.1. The van der Waals surface area contributed by atoms with Gasteiger partial charge < -0.3 is 9.72 Å². The Morgan fingerprint density at radius 2 is 1.55 bits per heavy atom. The van der Waals surface area contributed by atoms with Gasteiger partial charge in [0.2, 0.25) is 21.6 Å². The highest BCUT2D eigenvalue weighted by molar-refractivity contribution is 7.92. The van der Waals surface area contributed by atoms with Crippen molar-refractivity contribution in [1.82, 2.24) is 4.98 Å². The number of anilines is 1. The van der Waals surface area contributed by atoms with E-state index in [2.05, 4.69) is 4.98 Å². The number of ketones is 2. The Morgan fingerprint density at radius 1 is 0.879 bits per heavy atom. The van der Waals surface area contributed by atoms with Gasteiger partial charge in [0.15, 0.2) is 0 Å². The molecule has 7 nitrogen and oxygen atoms in total. The molecule has 0 saturated carbocycles. The number of benzene rings is 3. The minimum absolute atomic E-state index is 0.158. The molecular formula is C25H22N2O5S. The number of hydrogen-bond donors (Lipinski definition) is 1. The van der Waals surface area contributed by atoms with Crippen LogP contribution in [-0.4, -0.2) is 45.4 Å². The SMILES string of the molecule is COc1ccccc1-c1c(N(C)S(C)(=O)=O)[nH]c2c(C(=O)C(=O)c3ccccc3)cccc12. The number of methoxy groups -OCH3 is 1. The standard InChI is InChI=1S/C25H22N2O5S/c1-27(33(3,30)31)25-21(17-12-7-8-15-20(17)32-2)18-13-9-14-19(22(18)26-25)24(29)23(28)16-10-5-4-6-11-16/h4-15,26H,1-3H3. The van der Waals surface area contributed by atoms with Gasteiger partial charge in [0, 0.05) is 29.1 Å². The van der Waals surface area contributed by atoms with Crippen LogP contribution in [0.4, 0.5) is 5.82 Å². The zero-order valence-corrected chi connectivity index (χ0v) is 19.1. The summed E-state index contributed by atoms with van der Waals surface area (Å²) in [6, 6.07) is 20.5. The number of aromatic amines is 1. The lowest BCUT2D eigenvalue weighted by Gasteiger charge is -2.18. The van der Waals surface area contributed by atoms with E-state index in [-0.39, 0.29) is 16.9 Å². The summed E-state index contributed by atoms with van der Waals surface area (Å²) in [6.45, 7) is 0. The number of nitrogens with one attached hydrogen (secondary N) is 1. The van der Waals surface area contributed by atoms with Crippen molar-refractivity contribution < 1.29 is 22.7 Å². The van der Waals surface area contributed by atoms with Crippen molar-refractivity contribution in [2.45, 2.75) is 0 Å². The third-order valence-corrected chi connectivity index (χ3v) is 6.67. The number of H-pyrrole nitrogens is 1. The number of rotatable bonds is 7.